The van der Waals surface area contributed by atoms with E-state index in [2.05, 4.69) is 55.4 Å². The fraction of sp³-hybridized carbons (Fsp3) is 0.227. The molecule has 3 heterocycles. The van der Waals surface area contributed by atoms with Gasteiger partial charge in [0.25, 0.3) is 5.89 Å². The first-order chi connectivity index (χ1) is 13.7. The molecule has 140 valence electrons. The van der Waals surface area contributed by atoms with Gasteiger partial charge in [-0.2, -0.15) is 0 Å². The minimum Gasteiger partial charge on any atom is -0.418 e. The molecule has 0 atom stereocenters. The molecule has 4 aromatic rings. The van der Waals surface area contributed by atoms with Gasteiger partial charge in [0.05, 0.1) is 10.9 Å². The van der Waals surface area contributed by atoms with E-state index in [1.807, 2.05) is 36.4 Å². The topological polar surface area (TPSA) is 61.0 Å². The standard InChI is InChI=1S/C22H18BrN3O2/c23-17-8-6-16(7-9-17)22(11-13-27-14-12-22)21-26-25-20(28-21)19-10-5-15-3-1-2-4-18(15)24-19/h1-10H,11-14H2. The smallest absolute Gasteiger partial charge is 0.266 e. The van der Waals surface area contributed by atoms with Crippen LogP contribution in [0.15, 0.2) is 69.6 Å². The molecule has 2 aromatic heterocycles. The predicted octanol–water partition coefficient (Wildman–Crippen LogP) is 5.14. The molecule has 1 aliphatic heterocycles. The summed E-state index contributed by atoms with van der Waals surface area (Å²) in [7, 11) is 0. The van der Waals surface area contributed by atoms with Crippen LogP contribution in [-0.4, -0.2) is 28.4 Å². The van der Waals surface area contributed by atoms with Gasteiger partial charge in [-0.25, -0.2) is 4.98 Å². The molecule has 5 rings (SSSR count). The fourth-order valence-electron chi connectivity index (χ4n) is 3.82. The summed E-state index contributed by atoms with van der Waals surface area (Å²) >= 11 is 3.51. The quantitative estimate of drug-likeness (QED) is 0.445. The lowest BCUT2D eigenvalue weighted by Crippen LogP contribution is -2.35. The molecule has 6 heteroatoms. The average Bonchev–Trinajstić information content (AvgIpc) is 3.25. The zero-order chi connectivity index (χ0) is 19.0. The Hall–Kier alpha value is -2.57. The van der Waals surface area contributed by atoms with Crippen molar-refractivity contribution in [2.45, 2.75) is 18.3 Å². The second-order valence-electron chi connectivity index (χ2n) is 7.00. The number of rotatable bonds is 3. The third-order valence-corrected chi connectivity index (χ3v) is 5.92. The van der Waals surface area contributed by atoms with Crippen LogP contribution in [-0.2, 0) is 10.2 Å². The summed E-state index contributed by atoms with van der Waals surface area (Å²) < 4.78 is 12.9. The Morgan fingerprint density at radius 2 is 1.64 bits per heavy atom. The van der Waals surface area contributed by atoms with Gasteiger partial charge in [0.15, 0.2) is 0 Å². The van der Waals surface area contributed by atoms with Crippen LogP contribution in [0.2, 0.25) is 0 Å². The SMILES string of the molecule is Brc1ccc(C2(c3nnc(-c4ccc5ccccc5n4)o3)CCOCC2)cc1. The summed E-state index contributed by atoms with van der Waals surface area (Å²) in [6.07, 6.45) is 1.61. The number of hydrogen-bond acceptors (Lipinski definition) is 5. The van der Waals surface area contributed by atoms with E-state index in [4.69, 9.17) is 9.15 Å². The lowest BCUT2D eigenvalue weighted by atomic mass is 9.74. The van der Waals surface area contributed by atoms with E-state index in [9.17, 15) is 0 Å². The summed E-state index contributed by atoms with van der Waals surface area (Å²) in [4.78, 5) is 4.68. The minimum absolute atomic E-state index is 0.332. The van der Waals surface area contributed by atoms with E-state index >= 15 is 0 Å². The Kier molecular flexibility index (Phi) is 4.45. The number of fused-ring (bicyclic) bond motifs is 1. The van der Waals surface area contributed by atoms with Crippen LogP contribution in [0.5, 0.6) is 0 Å². The highest BCUT2D eigenvalue weighted by molar-refractivity contribution is 9.10. The van der Waals surface area contributed by atoms with Gasteiger partial charge in [-0.3, -0.25) is 0 Å². The third-order valence-electron chi connectivity index (χ3n) is 5.40. The van der Waals surface area contributed by atoms with Crippen LogP contribution in [0.3, 0.4) is 0 Å². The summed E-state index contributed by atoms with van der Waals surface area (Å²) in [5.41, 5.74) is 2.44. The molecular formula is C22H18BrN3O2. The molecule has 0 amide bonds. The Morgan fingerprint density at radius 1 is 0.857 bits per heavy atom. The first kappa shape index (κ1) is 17.5. The predicted molar refractivity (Wildman–Crippen MR) is 110 cm³/mol. The van der Waals surface area contributed by atoms with E-state index in [1.165, 1.54) is 5.56 Å². The third kappa shape index (κ3) is 3.02. The highest BCUT2D eigenvalue weighted by atomic mass is 79.9. The van der Waals surface area contributed by atoms with Crippen molar-refractivity contribution < 1.29 is 9.15 Å². The first-order valence-electron chi connectivity index (χ1n) is 9.29. The molecule has 0 N–H and O–H groups in total. The van der Waals surface area contributed by atoms with Crippen LogP contribution < -0.4 is 0 Å². The number of halogens is 1. The van der Waals surface area contributed by atoms with Crippen molar-refractivity contribution in [3.05, 3.63) is 76.6 Å². The maximum Gasteiger partial charge on any atom is 0.266 e. The van der Waals surface area contributed by atoms with Crippen LogP contribution in [0.25, 0.3) is 22.5 Å². The minimum atomic E-state index is -0.332. The van der Waals surface area contributed by atoms with Crippen molar-refractivity contribution in [2.75, 3.05) is 13.2 Å². The van der Waals surface area contributed by atoms with Gasteiger partial charge in [-0.1, -0.05) is 52.3 Å². The number of para-hydroxylation sites is 1. The lowest BCUT2D eigenvalue weighted by molar-refractivity contribution is 0.0546. The molecular weight excluding hydrogens is 418 g/mol. The summed E-state index contributed by atoms with van der Waals surface area (Å²) in [6.45, 7) is 1.34. The second kappa shape index (κ2) is 7.11. The molecule has 1 aliphatic rings. The van der Waals surface area contributed by atoms with Crippen LogP contribution in [0, 0.1) is 0 Å². The van der Waals surface area contributed by atoms with Crippen molar-refractivity contribution in [1.29, 1.82) is 0 Å². The Labute approximate surface area is 170 Å². The number of nitrogens with zero attached hydrogens (tertiary/aromatic N) is 3. The Morgan fingerprint density at radius 3 is 2.46 bits per heavy atom. The largest absolute Gasteiger partial charge is 0.418 e. The normalized spacial score (nSPS) is 16.3. The molecule has 0 aliphatic carbocycles. The van der Waals surface area contributed by atoms with Crippen molar-refractivity contribution in [3.63, 3.8) is 0 Å². The van der Waals surface area contributed by atoms with E-state index in [1.54, 1.807) is 0 Å². The van der Waals surface area contributed by atoms with Gasteiger partial charge in [-0.05, 0) is 42.7 Å². The number of ether oxygens (including phenoxy) is 1. The molecule has 0 saturated carbocycles. The van der Waals surface area contributed by atoms with Crippen LogP contribution >= 0.6 is 15.9 Å². The summed E-state index contributed by atoms with van der Waals surface area (Å²) in [6, 6.07) is 20.3. The van der Waals surface area contributed by atoms with Crippen molar-refractivity contribution >= 4 is 26.8 Å². The van der Waals surface area contributed by atoms with E-state index in [0.717, 1.165) is 28.2 Å². The Balaban J connectivity index is 1.57. The highest BCUT2D eigenvalue weighted by Crippen LogP contribution is 2.41. The van der Waals surface area contributed by atoms with Crippen molar-refractivity contribution in [3.8, 4) is 11.6 Å². The highest BCUT2D eigenvalue weighted by Gasteiger charge is 2.41. The molecule has 28 heavy (non-hydrogen) atoms. The Bertz CT molecular complexity index is 1120. The van der Waals surface area contributed by atoms with Gasteiger partial charge in [0, 0.05) is 23.1 Å². The van der Waals surface area contributed by atoms with Gasteiger partial charge in [0.2, 0.25) is 5.89 Å². The van der Waals surface area contributed by atoms with E-state index in [-0.39, 0.29) is 5.41 Å². The van der Waals surface area contributed by atoms with Gasteiger partial charge >= 0.3 is 0 Å². The van der Waals surface area contributed by atoms with E-state index in [0.29, 0.717) is 30.7 Å². The number of hydrogen-bond donors (Lipinski definition) is 0. The number of pyridine rings is 1. The average molecular weight is 436 g/mol. The second-order valence-corrected chi connectivity index (χ2v) is 7.92. The molecule has 2 aromatic carbocycles. The molecule has 0 bridgehead atoms. The number of benzene rings is 2. The maximum atomic E-state index is 6.19. The number of aromatic nitrogens is 3. The van der Waals surface area contributed by atoms with Gasteiger partial charge in [0.1, 0.15) is 5.69 Å². The molecule has 0 unspecified atom stereocenters. The van der Waals surface area contributed by atoms with Crippen molar-refractivity contribution in [2.24, 2.45) is 0 Å². The maximum absolute atomic E-state index is 6.19. The fourth-order valence-corrected chi connectivity index (χ4v) is 4.08. The zero-order valence-corrected chi connectivity index (χ0v) is 16.7. The summed E-state index contributed by atoms with van der Waals surface area (Å²) in [5.74, 6) is 1.08. The van der Waals surface area contributed by atoms with Gasteiger partial charge in [-0.15, -0.1) is 10.2 Å². The zero-order valence-electron chi connectivity index (χ0n) is 15.1. The monoisotopic (exact) mass is 435 g/mol. The van der Waals surface area contributed by atoms with Crippen LogP contribution in [0.1, 0.15) is 24.3 Å². The molecule has 1 saturated heterocycles. The molecule has 5 nitrogen and oxygen atoms in total. The first-order valence-corrected chi connectivity index (χ1v) is 10.1. The van der Waals surface area contributed by atoms with Crippen LogP contribution in [0.4, 0.5) is 0 Å². The molecule has 1 fully saturated rings. The molecule has 0 spiro atoms. The van der Waals surface area contributed by atoms with Crippen molar-refractivity contribution in [1.82, 2.24) is 15.2 Å². The van der Waals surface area contributed by atoms with Gasteiger partial charge < -0.3 is 9.15 Å². The summed E-state index contributed by atoms with van der Waals surface area (Å²) in [5, 5.41) is 9.86. The van der Waals surface area contributed by atoms with E-state index < -0.39 is 0 Å². The lowest BCUT2D eigenvalue weighted by Gasteiger charge is -2.34. The molecule has 0 radical (unpaired) electrons.